The van der Waals surface area contributed by atoms with Crippen LogP contribution in [0.3, 0.4) is 0 Å². The molecule has 1 aromatic heterocycles. The number of nitrogen functional groups attached to an aromatic ring is 1. The normalized spacial score (nSPS) is 27.0. The maximum Gasteiger partial charge on any atom is 0.220 e. The van der Waals surface area contributed by atoms with Crippen LogP contribution in [0.4, 0.5) is 5.95 Å². The number of anilines is 1. The van der Waals surface area contributed by atoms with Crippen LogP contribution in [0.25, 0.3) is 11.3 Å². The monoisotopic (exact) mass is 309 g/mol. The van der Waals surface area contributed by atoms with Crippen LogP contribution in [-0.2, 0) is 5.41 Å². The van der Waals surface area contributed by atoms with Gasteiger partial charge in [0.2, 0.25) is 5.95 Å². The number of hydrogen-bond donors (Lipinski definition) is 1. The Labute approximate surface area is 137 Å². The number of aromatic nitrogens is 2. The van der Waals surface area contributed by atoms with Crippen LogP contribution in [-0.4, -0.2) is 17.1 Å². The van der Waals surface area contributed by atoms with E-state index in [1.807, 2.05) is 18.2 Å². The van der Waals surface area contributed by atoms with Crippen molar-refractivity contribution in [2.45, 2.75) is 44.9 Å². The van der Waals surface area contributed by atoms with Gasteiger partial charge in [-0.1, -0.05) is 32.9 Å². The Hall–Kier alpha value is -2.10. The quantitative estimate of drug-likeness (QED) is 0.913. The molecule has 2 atom stereocenters. The Bertz CT molecular complexity index is 799. The second-order valence-corrected chi connectivity index (χ2v) is 7.57. The Morgan fingerprint density at radius 3 is 2.74 bits per heavy atom. The van der Waals surface area contributed by atoms with E-state index in [4.69, 9.17) is 10.5 Å². The summed E-state index contributed by atoms with van der Waals surface area (Å²) >= 11 is 0. The number of methoxy groups -OCH3 is 1. The lowest BCUT2D eigenvalue weighted by molar-refractivity contribution is 0.227. The number of ether oxygens (including phenoxy) is 1. The first-order valence-electron chi connectivity index (χ1n) is 8.21. The summed E-state index contributed by atoms with van der Waals surface area (Å²) in [4.78, 5) is 9.28. The fourth-order valence-corrected chi connectivity index (χ4v) is 4.66. The number of hydrogen-bond acceptors (Lipinski definition) is 4. The number of fused-ring (bicyclic) bond motifs is 5. The van der Waals surface area contributed by atoms with Crippen molar-refractivity contribution >= 4 is 5.95 Å². The van der Waals surface area contributed by atoms with Gasteiger partial charge in [-0.05, 0) is 36.3 Å². The standard InChI is InChI=1S/C19H23N3O/c1-18(2)13-8-9-19(18,3)16-14(13)15(21-17(20)22-16)11-6-5-7-12(10-11)23-4/h5-7,10,13H,8-9H2,1-4H3,(H2,20,21,22). The molecular formula is C19H23N3O. The molecule has 2 aliphatic carbocycles. The molecule has 0 spiro atoms. The van der Waals surface area contributed by atoms with Crippen molar-refractivity contribution in [1.29, 1.82) is 0 Å². The summed E-state index contributed by atoms with van der Waals surface area (Å²) in [5.74, 6) is 1.69. The maximum atomic E-state index is 6.07. The first-order valence-corrected chi connectivity index (χ1v) is 8.21. The molecule has 0 radical (unpaired) electrons. The van der Waals surface area contributed by atoms with Crippen molar-refractivity contribution in [3.8, 4) is 17.0 Å². The second-order valence-electron chi connectivity index (χ2n) is 7.57. The summed E-state index contributed by atoms with van der Waals surface area (Å²) < 4.78 is 5.37. The lowest BCUT2D eigenvalue weighted by Gasteiger charge is -2.34. The van der Waals surface area contributed by atoms with Crippen LogP contribution in [0.5, 0.6) is 5.75 Å². The van der Waals surface area contributed by atoms with Crippen LogP contribution in [0.2, 0.25) is 0 Å². The highest BCUT2D eigenvalue weighted by atomic mass is 16.5. The van der Waals surface area contributed by atoms with Gasteiger partial charge in [0.15, 0.2) is 0 Å². The molecule has 0 saturated heterocycles. The molecule has 0 aliphatic heterocycles. The van der Waals surface area contributed by atoms with Crippen molar-refractivity contribution in [1.82, 2.24) is 9.97 Å². The van der Waals surface area contributed by atoms with Crippen molar-refractivity contribution in [3.05, 3.63) is 35.5 Å². The van der Waals surface area contributed by atoms with E-state index in [0.717, 1.165) is 22.7 Å². The molecule has 4 heteroatoms. The van der Waals surface area contributed by atoms with E-state index in [9.17, 15) is 0 Å². The number of nitrogens with zero attached hydrogens (tertiary/aromatic N) is 2. The Morgan fingerprint density at radius 2 is 2.00 bits per heavy atom. The summed E-state index contributed by atoms with van der Waals surface area (Å²) in [7, 11) is 1.68. The van der Waals surface area contributed by atoms with E-state index in [2.05, 4.69) is 36.8 Å². The third-order valence-electron chi connectivity index (χ3n) is 6.40. The number of benzene rings is 1. The minimum absolute atomic E-state index is 0.0810. The van der Waals surface area contributed by atoms with Gasteiger partial charge in [0.05, 0.1) is 18.5 Å². The Kier molecular flexibility index (Phi) is 2.81. The zero-order chi connectivity index (χ0) is 16.4. The second kappa shape index (κ2) is 4.47. The zero-order valence-electron chi connectivity index (χ0n) is 14.2. The molecule has 4 rings (SSSR count). The Morgan fingerprint density at radius 1 is 1.22 bits per heavy atom. The van der Waals surface area contributed by atoms with E-state index >= 15 is 0 Å². The van der Waals surface area contributed by atoms with Crippen LogP contribution >= 0.6 is 0 Å². The predicted molar refractivity (Wildman–Crippen MR) is 91.5 cm³/mol. The van der Waals surface area contributed by atoms with Gasteiger partial charge in [-0.3, -0.25) is 0 Å². The summed E-state index contributed by atoms with van der Waals surface area (Å²) in [6.07, 6.45) is 2.37. The molecule has 120 valence electrons. The summed E-state index contributed by atoms with van der Waals surface area (Å²) in [6.45, 7) is 7.05. The van der Waals surface area contributed by atoms with Gasteiger partial charge in [-0.25, -0.2) is 9.97 Å². The fourth-order valence-electron chi connectivity index (χ4n) is 4.66. The fraction of sp³-hybridized carbons (Fsp3) is 0.474. The molecular weight excluding hydrogens is 286 g/mol. The van der Waals surface area contributed by atoms with E-state index in [0.29, 0.717) is 11.9 Å². The first-order chi connectivity index (χ1) is 10.9. The molecule has 0 amide bonds. The Balaban J connectivity index is 1.99. The molecule has 4 nitrogen and oxygen atoms in total. The molecule has 23 heavy (non-hydrogen) atoms. The summed E-state index contributed by atoms with van der Waals surface area (Å²) in [6, 6.07) is 8.06. The van der Waals surface area contributed by atoms with E-state index < -0.39 is 0 Å². The highest BCUT2D eigenvalue weighted by Gasteiger charge is 2.61. The first kappa shape index (κ1) is 14.5. The van der Waals surface area contributed by atoms with E-state index in [1.54, 1.807) is 7.11 Å². The van der Waals surface area contributed by atoms with Gasteiger partial charge >= 0.3 is 0 Å². The molecule has 2 N–H and O–H groups in total. The molecule has 1 heterocycles. The minimum Gasteiger partial charge on any atom is -0.497 e. The smallest absolute Gasteiger partial charge is 0.220 e. The molecule has 2 bridgehead atoms. The van der Waals surface area contributed by atoms with E-state index in [1.165, 1.54) is 18.4 Å². The minimum atomic E-state index is 0.0810. The molecule has 2 unspecified atom stereocenters. The van der Waals surface area contributed by atoms with E-state index in [-0.39, 0.29) is 10.8 Å². The predicted octanol–water partition coefficient (Wildman–Crippen LogP) is 3.91. The summed E-state index contributed by atoms with van der Waals surface area (Å²) in [5.41, 5.74) is 10.8. The maximum absolute atomic E-state index is 6.07. The third-order valence-corrected chi connectivity index (χ3v) is 6.40. The highest BCUT2D eigenvalue weighted by Crippen LogP contribution is 2.68. The number of rotatable bonds is 2. The van der Waals surface area contributed by atoms with Crippen molar-refractivity contribution in [3.63, 3.8) is 0 Å². The van der Waals surface area contributed by atoms with Gasteiger partial charge in [0, 0.05) is 16.5 Å². The van der Waals surface area contributed by atoms with Crippen LogP contribution in [0.1, 0.15) is 50.8 Å². The van der Waals surface area contributed by atoms with Crippen molar-refractivity contribution < 1.29 is 4.74 Å². The van der Waals surface area contributed by atoms with Gasteiger partial charge in [0.1, 0.15) is 5.75 Å². The molecule has 1 fully saturated rings. The molecule has 1 saturated carbocycles. The average molecular weight is 309 g/mol. The average Bonchev–Trinajstić information content (AvgIpc) is 2.86. The van der Waals surface area contributed by atoms with Crippen molar-refractivity contribution in [2.24, 2.45) is 5.41 Å². The highest BCUT2D eigenvalue weighted by molar-refractivity contribution is 5.70. The van der Waals surface area contributed by atoms with Crippen LogP contribution < -0.4 is 10.5 Å². The van der Waals surface area contributed by atoms with Gasteiger partial charge in [-0.15, -0.1) is 0 Å². The zero-order valence-corrected chi connectivity index (χ0v) is 14.2. The van der Waals surface area contributed by atoms with Gasteiger partial charge in [0.25, 0.3) is 0 Å². The third kappa shape index (κ3) is 1.72. The lowest BCUT2D eigenvalue weighted by Crippen LogP contribution is -2.32. The SMILES string of the molecule is COc1cccc(-c2nc(N)nc3c2C2CCC3(C)C2(C)C)c1. The van der Waals surface area contributed by atoms with Gasteiger partial charge < -0.3 is 10.5 Å². The lowest BCUT2D eigenvalue weighted by atomic mass is 9.70. The molecule has 1 aromatic carbocycles. The van der Waals surface area contributed by atoms with Crippen LogP contribution in [0.15, 0.2) is 24.3 Å². The molecule has 2 aliphatic rings. The van der Waals surface area contributed by atoms with Crippen molar-refractivity contribution in [2.75, 3.05) is 12.8 Å². The summed E-state index contributed by atoms with van der Waals surface area (Å²) in [5, 5.41) is 0. The number of nitrogens with two attached hydrogens (primary N) is 1. The van der Waals surface area contributed by atoms with Gasteiger partial charge in [-0.2, -0.15) is 0 Å². The topological polar surface area (TPSA) is 61.0 Å². The largest absolute Gasteiger partial charge is 0.497 e. The molecule has 2 aromatic rings. The van der Waals surface area contributed by atoms with Crippen LogP contribution in [0, 0.1) is 5.41 Å².